The van der Waals surface area contributed by atoms with Gasteiger partial charge in [0, 0.05) is 7.11 Å². The minimum Gasteiger partial charge on any atom is -0.476 e. The first-order chi connectivity index (χ1) is 15.9. The van der Waals surface area contributed by atoms with Gasteiger partial charge in [0.1, 0.15) is 11.7 Å². The van der Waals surface area contributed by atoms with Crippen LogP contribution in [0, 0.1) is 0 Å². The predicted octanol–water partition coefficient (Wildman–Crippen LogP) is 0.385. The molecule has 2 aromatic rings. The van der Waals surface area contributed by atoms with E-state index in [0.717, 1.165) is 24.9 Å². The third-order valence-electron chi connectivity index (χ3n) is 4.24. The number of aliphatic hydroxyl groups is 1. The quantitative estimate of drug-likeness (QED) is 0.178. The average molecular weight is 569 g/mol. The van der Waals surface area contributed by atoms with Gasteiger partial charge >= 0.3 is 23.5 Å². The van der Waals surface area contributed by atoms with Crippen LogP contribution in [0.25, 0.3) is 11.2 Å². The highest BCUT2D eigenvalue weighted by Crippen LogP contribution is 2.66. The zero-order chi connectivity index (χ0) is 26.8. The highest BCUT2D eigenvalue weighted by molar-refractivity contribution is 7.66. The van der Waals surface area contributed by atoms with Gasteiger partial charge < -0.3 is 39.9 Å². The summed E-state index contributed by atoms with van der Waals surface area (Å²) in [6.07, 6.45) is -3.59. The van der Waals surface area contributed by atoms with Gasteiger partial charge in [0.2, 0.25) is 18.1 Å². The van der Waals surface area contributed by atoms with E-state index in [1.807, 2.05) is 0 Å². The van der Waals surface area contributed by atoms with Gasteiger partial charge in [0.25, 0.3) is 0 Å². The first-order valence-corrected chi connectivity index (χ1v) is 13.7. The molecule has 0 radical (unpaired) electrons. The number of aliphatic hydroxyl groups excluding tert-OH is 1. The number of aromatic nitrogens is 4. The molecule has 0 spiro atoms. The summed E-state index contributed by atoms with van der Waals surface area (Å²) in [5.41, 5.74) is 3.33. The standard InChI is InChI=1S/C13H23FN5O13P3/c1-4-29-11-7-10(17-12(15)18-11)19(6-16-7)9(14)8(20)13(2,28-3)5-30-34(24,25)32-35(26,27)31-33(21,22)23/h6,8-9,20H,4-5H2,1-3H3,(H,24,25)(H,26,27)(H2,15,17,18)(H2,21,22,23)/t8-,9-,13+/m0/s1. The molecule has 22 heteroatoms. The summed E-state index contributed by atoms with van der Waals surface area (Å²) in [7, 11) is -16.0. The van der Waals surface area contributed by atoms with Crippen LogP contribution in [0.1, 0.15) is 20.1 Å². The summed E-state index contributed by atoms with van der Waals surface area (Å²) >= 11 is 0. The van der Waals surface area contributed by atoms with E-state index in [9.17, 15) is 28.6 Å². The van der Waals surface area contributed by atoms with E-state index in [1.165, 1.54) is 0 Å². The molecule has 2 rings (SSSR count). The summed E-state index contributed by atoms with van der Waals surface area (Å²) in [4.78, 5) is 47.6. The monoisotopic (exact) mass is 569 g/mol. The lowest BCUT2D eigenvalue weighted by Crippen LogP contribution is -2.48. The SMILES string of the molecule is CCOc1nc(N)nc2c1ncn2[C@H](F)[C@H](O)[C@@](C)(COP(=O)(O)OP(=O)(O)OP(=O)(O)O)OC. The molecule has 5 atom stereocenters. The number of halogens is 1. The second-order valence-corrected chi connectivity index (χ2v) is 11.3. The lowest BCUT2D eigenvalue weighted by Gasteiger charge is -2.35. The number of alkyl halides is 1. The van der Waals surface area contributed by atoms with Gasteiger partial charge in [-0.3, -0.25) is 9.09 Å². The minimum atomic E-state index is -5.78. The number of phosphoric acid groups is 3. The summed E-state index contributed by atoms with van der Waals surface area (Å²) in [6.45, 7) is 1.75. The van der Waals surface area contributed by atoms with Crippen LogP contribution in [0.5, 0.6) is 5.88 Å². The summed E-state index contributed by atoms with van der Waals surface area (Å²) in [5.74, 6) is -0.329. The maximum atomic E-state index is 15.3. The first kappa shape index (κ1) is 29.6. The molecule has 0 aliphatic carbocycles. The van der Waals surface area contributed by atoms with E-state index in [-0.39, 0.29) is 29.6 Å². The largest absolute Gasteiger partial charge is 0.490 e. The van der Waals surface area contributed by atoms with Crippen molar-refractivity contribution in [2.24, 2.45) is 0 Å². The van der Waals surface area contributed by atoms with Gasteiger partial charge in [0.15, 0.2) is 11.2 Å². The third-order valence-corrected chi connectivity index (χ3v) is 8.02. The van der Waals surface area contributed by atoms with Crippen molar-refractivity contribution in [3.05, 3.63) is 6.33 Å². The molecule has 2 aromatic heterocycles. The highest BCUT2D eigenvalue weighted by Gasteiger charge is 2.45. The number of hydrogen-bond donors (Lipinski definition) is 6. The molecule has 18 nitrogen and oxygen atoms in total. The second kappa shape index (κ2) is 10.8. The van der Waals surface area contributed by atoms with Gasteiger partial charge in [-0.05, 0) is 13.8 Å². The van der Waals surface area contributed by atoms with E-state index < -0.39 is 48.1 Å². The first-order valence-electron chi connectivity index (χ1n) is 9.22. The fraction of sp³-hybridized carbons (Fsp3) is 0.615. The number of nitrogens with two attached hydrogens (primary N) is 1. The molecule has 35 heavy (non-hydrogen) atoms. The zero-order valence-corrected chi connectivity index (χ0v) is 20.9. The average Bonchev–Trinajstić information content (AvgIpc) is 3.12. The fourth-order valence-electron chi connectivity index (χ4n) is 2.55. The van der Waals surface area contributed by atoms with E-state index >= 15 is 4.39 Å². The van der Waals surface area contributed by atoms with Crippen molar-refractivity contribution < 1.29 is 65.4 Å². The number of rotatable bonds is 13. The Kier molecular flexibility index (Phi) is 9.15. The molecule has 0 saturated heterocycles. The number of phosphoric ester groups is 1. The molecular weight excluding hydrogens is 546 g/mol. The zero-order valence-electron chi connectivity index (χ0n) is 18.2. The molecule has 2 heterocycles. The van der Waals surface area contributed by atoms with Crippen LogP contribution in [0.3, 0.4) is 0 Å². The third kappa shape index (κ3) is 7.69. The van der Waals surface area contributed by atoms with E-state index in [4.69, 9.17) is 25.0 Å². The second-order valence-electron chi connectivity index (χ2n) is 6.84. The van der Waals surface area contributed by atoms with Crippen LogP contribution < -0.4 is 10.5 Å². The topological polar surface area (TPSA) is 268 Å². The van der Waals surface area contributed by atoms with Gasteiger partial charge in [-0.15, -0.1) is 0 Å². The van der Waals surface area contributed by atoms with Gasteiger partial charge in [-0.2, -0.15) is 18.6 Å². The van der Waals surface area contributed by atoms with Gasteiger partial charge in [-0.25, -0.2) is 23.1 Å². The molecule has 200 valence electrons. The van der Waals surface area contributed by atoms with Crippen LogP contribution in [-0.2, 0) is 31.6 Å². The van der Waals surface area contributed by atoms with Crippen molar-refractivity contribution in [1.82, 2.24) is 19.5 Å². The molecule has 2 unspecified atom stereocenters. The molecule has 0 aliphatic rings. The molecule has 7 N–H and O–H groups in total. The van der Waals surface area contributed by atoms with Crippen LogP contribution in [0.4, 0.5) is 10.3 Å². The number of nitrogens with zero attached hydrogens (tertiary/aromatic N) is 4. The fourth-order valence-corrected chi connectivity index (χ4v) is 5.66. The minimum absolute atomic E-state index is 0.0169. The van der Waals surface area contributed by atoms with Crippen molar-refractivity contribution >= 4 is 40.6 Å². The molecule has 0 aromatic carbocycles. The predicted molar refractivity (Wildman–Crippen MR) is 112 cm³/mol. The summed E-state index contributed by atoms with van der Waals surface area (Å²) < 4.78 is 72.1. The highest BCUT2D eigenvalue weighted by atomic mass is 31.3. The van der Waals surface area contributed by atoms with Crippen molar-refractivity contribution in [2.75, 3.05) is 26.1 Å². The van der Waals surface area contributed by atoms with E-state index in [0.29, 0.717) is 0 Å². The Morgan fingerprint density at radius 1 is 1.17 bits per heavy atom. The smallest absolute Gasteiger partial charge is 0.476 e. The molecule has 0 amide bonds. The number of nitrogen functional groups attached to an aromatic ring is 1. The number of ether oxygens (including phenoxy) is 2. The number of hydrogen-bond acceptors (Lipinski definition) is 13. The lowest BCUT2D eigenvalue weighted by atomic mass is 9.99. The Labute approximate surface area is 196 Å². The Hall–Kier alpha value is -1.59. The molecule has 0 aliphatic heterocycles. The van der Waals surface area contributed by atoms with Crippen LogP contribution in [-0.4, -0.2) is 76.2 Å². The Morgan fingerprint density at radius 2 is 1.80 bits per heavy atom. The number of methoxy groups -OCH3 is 1. The summed E-state index contributed by atoms with van der Waals surface area (Å²) in [6, 6.07) is 0. The molecular formula is C13H23FN5O13P3. The van der Waals surface area contributed by atoms with Crippen molar-refractivity contribution in [3.8, 4) is 5.88 Å². The lowest BCUT2D eigenvalue weighted by molar-refractivity contribution is -0.150. The van der Waals surface area contributed by atoms with Crippen molar-refractivity contribution in [1.29, 1.82) is 0 Å². The van der Waals surface area contributed by atoms with Crippen LogP contribution in [0.2, 0.25) is 0 Å². The maximum Gasteiger partial charge on any atom is 0.490 e. The Balaban J connectivity index is 2.25. The maximum absolute atomic E-state index is 15.3. The van der Waals surface area contributed by atoms with E-state index in [1.54, 1.807) is 6.92 Å². The van der Waals surface area contributed by atoms with Crippen LogP contribution >= 0.6 is 23.5 Å². The summed E-state index contributed by atoms with van der Waals surface area (Å²) in [5, 5.41) is 10.6. The van der Waals surface area contributed by atoms with Crippen molar-refractivity contribution in [3.63, 3.8) is 0 Å². The molecule has 0 saturated carbocycles. The van der Waals surface area contributed by atoms with E-state index in [2.05, 4.69) is 28.1 Å². The number of imidazole rings is 1. The Bertz CT molecular complexity index is 1190. The number of fused-ring (bicyclic) bond motifs is 1. The normalized spacial score (nSPS) is 19.5. The molecule has 0 fully saturated rings. The van der Waals surface area contributed by atoms with Gasteiger partial charge in [-0.1, -0.05) is 0 Å². The van der Waals surface area contributed by atoms with Crippen LogP contribution in [0.15, 0.2) is 6.33 Å². The van der Waals surface area contributed by atoms with Gasteiger partial charge in [0.05, 0.1) is 19.5 Å². The molecule has 0 bridgehead atoms. The van der Waals surface area contributed by atoms with Crippen molar-refractivity contribution in [2.45, 2.75) is 31.8 Å². The Morgan fingerprint density at radius 3 is 2.34 bits per heavy atom. The number of anilines is 1.